The fourth-order valence-corrected chi connectivity index (χ4v) is 1.98. The second-order valence-corrected chi connectivity index (χ2v) is 3.72. The van der Waals surface area contributed by atoms with Gasteiger partial charge in [-0.3, -0.25) is 4.99 Å². The number of hydrogen-bond acceptors (Lipinski definition) is 3. The summed E-state index contributed by atoms with van der Waals surface area (Å²) in [6.07, 6.45) is 5.39. The topological polar surface area (TPSA) is 30.2 Å². The van der Waals surface area contributed by atoms with Crippen LogP contribution >= 0.6 is 11.5 Å². The van der Waals surface area contributed by atoms with Gasteiger partial charge >= 0.3 is 0 Å². The van der Waals surface area contributed by atoms with Gasteiger partial charge in [0.15, 0.2) is 0 Å². The summed E-state index contributed by atoms with van der Waals surface area (Å²) in [5.74, 6) is 3.14. The lowest BCUT2D eigenvalue weighted by Crippen LogP contribution is -1.96. The first-order valence-electron chi connectivity index (χ1n) is 4.40. The number of para-hydroxylation sites is 1. The summed E-state index contributed by atoms with van der Waals surface area (Å²) in [5, 5.41) is 0. The molecule has 74 valence electrons. The Kier molecular flexibility index (Phi) is 2.66. The van der Waals surface area contributed by atoms with Crippen LogP contribution in [0.2, 0.25) is 0 Å². The highest BCUT2D eigenvalue weighted by Crippen LogP contribution is 2.10. The fourth-order valence-electron chi connectivity index (χ4n) is 1.20. The lowest BCUT2D eigenvalue weighted by Gasteiger charge is -2.00. The largest absolute Gasteiger partial charge is 0.260 e. The van der Waals surface area contributed by atoms with Crippen LogP contribution in [-0.4, -0.2) is 16.0 Å². The van der Waals surface area contributed by atoms with Gasteiger partial charge in [-0.15, -0.1) is 6.42 Å². The highest BCUT2D eigenvalue weighted by Gasteiger charge is 2.04. The normalized spacial score (nSPS) is 11.3. The maximum atomic E-state index is 5.39. The maximum Gasteiger partial charge on any atom is 0.223 e. The zero-order valence-electron chi connectivity index (χ0n) is 8.21. The molecule has 3 nitrogen and oxygen atoms in total. The van der Waals surface area contributed by atoms with Crippen LogP contribution in [0.25, 0.3) is 5.69 Å². The van der Waals surface area contributed by atoms with E-state index < -0.39 is 0 Å². The van der Waals surface area contributed by atoms with Crippen LogP contribution in [0, 0.1) is 12.3 Å². The van der Waals surface area contributed by atoms with Crippen LogP contribution in [0.5, 0.6) is 0 Å². The Balaban J connectivity index is 2.64. The van der Waals surface area contributed by atoms with Crippen molar-refractivity contribution >= 4 is 11.5 Å². The quantitative estimate of drug-likeness (QED) is 0.662. The summed E-state index contributed by atoms with van der Waals surface area (Å²) in [4.78, 5) is 8.91. The molecule has 0 amide bonds. The molecule has 0 aliphatic carbocycles. The molecule has 0 bridgehead atoms. The number of aromatic nitrogens is 2. The highest BCUT2D eigenvalue weighted by molar-refractivity contribution is 7.03. The van der Waals surface area contributed by atoms with E-state index in [1.807, 2.05) is 34.3 Å². The van der Waals surface area contributed by atoms with Gasteiger partial charge in [0.25, 0.3) is 0 Å². The highest BCUT2D eigenvalue weighted by atomic mass is 32.1. The summed E-state index contributed by atoms with van der Waals surface area (Å²) >= 11 is 1.43. The summed E-state index contributed by atoms with van der Waals surface area (Å²) in [6.45, 7) is 0. The third-order valence-electron chi connectivity index (χ3n) is 1.88. The summed E-state index contributed by atoms with van der Waals surface area (Å²) in [7, 11) is 1.70. The van der Waals surface area contributed by atoms with E-state index in [0.29, 0.717) is 10.6 Å². The predicted molar refractivity (Wildman–Crippen MR) is 60.9 cm³/mol. The molecule has 0 atom stereocenters. The molecule has 0 saturated heterocycles. The monoisotopic (exact) mass is 215 g/mol. The SMILES string of the molecule is C#Cc1nc(=NC)sn1-c1ccccc1. The molecular weight excluding hydrogens is 206 g/mol. The average molecular weight is 215 g/mol. The summed E-state index contributed by atoms with van der Waals surface area (Å²) in [5.41, 5.74) is 1.01. The smallest absolute Gasteiger partial charge is 0.223 e. The molecule has 0 aliphatic heterocycles. The average Bonchev–Trinajstić information content (AvgIpc) is 2.73. The second kappa shape index (κ2) is 4.11. The number of benzene rings is 1. The van der Waals surface area contributed by atoms with Crippen molar-refractivity contribution in [2.24, 2.45) is 4.99 Å². The molecule has 0 unspecified atom stereocenters. The van der Waals surface area contributed by atoms with Gasteiger partial charge in [-0.1, -0.05) is 18.2 Å². The van der Waals surface area contributed by atoms with E-state index >= 15 is 0 Å². The van der Waals surface area contributed by atoms with Crippen LogP contribution in [0.3, 0.4) is 0 Å². The Morgan fingerprint density at radius 1 is 1.40 bits per heavy atom. The van der Waals surface area contributed by atoms with Gasteiger partial charge in [0, 0.05) is 7.05 Å². The Morgan fingerprint density at radius 2 is 2.13 bits per heavy atom. The molecule has 0 N–H and O–H groups in total. The first-order chi connectivity index (χ1) is 7.35. The van der Waals surface area contributed by atoms with Gasteiger partial charge in [-0.2, -0.15) is 4.98 Å². The van der Waals surface area contributed by atoms with Crippen LogP contribution in [0.4, 0.5) is 0 Å². The molecule has 15 heavy (non-hydrogen) atoms. The molecule has 0 aliphatic rings. The van der Waals surface area contributed by atoms with E-state index in [2.05, 4.69) is 15.9 Å². The molecule has 1 aromatic heterocycles. The van der Waals surface area contributed by atoms with Crippen molar-refractivity contribution in [3.05, 3.63) is 41.0 Å². The molecule has 4 heteroatoms. The lowest BCUT2D eigenvalue weighted by molar-refractivity contribution is 1.07. The molecule has 1 aromatic carbocycles. The van der Waals surface area contributed by atoms with Crippen LogP contribution in [0.1, 0.15) is 5.82 Å². The molecule has 2 rings (SSSR count). The van der Waals surface area contributed by atoms with Crippen molar-refractivity contribution in [2.45, 2.75) is 0 Å². The number of hydrogen-bond donors (Lipinski definition) is 0. The van der Waals surface area contributed by atoms with Crippen LogP contribution in [-0.2, 0) is 0 Å². The van der Waals surface area contributed by atoms with Crippen LogP contribution < -0.4 is 4.80 Å². The zero-order valence-corrected chi connectivity index (χ0v) is 9.03. The van der Waals surface area contributed by atoms with Gasteiger partial charge in [0.2, 0.25) is 10.6 Å². The number of rotatable bonds is 1. The minimum absolute atomic E-state index is 0.590. The van der Waals surface area contributed by atoms with Gasteiger partial charge in [-0.05, 0) is 29.6 Å². The van der Waals surface area contributed by atoms with Crippen molar-refractivity contribution in [1.82, 2.24) is 8.94 Å². The van der Waals surface area contributed by atoms with E-state index in [1.165, 1.54) is 11.5 Å². The zero-order chi connectivity index (χ0) is 10.7. The number of nitrogens with zero attached hydrogens (tertiary/aromatic N) is 3. The molecule has 1 heterocycles. The molecule has 2 aromatic rings. The van der Waals surface area contributed by atoms with E-state index in [9.17, 15) is 0 Å². The van der Waals surface area contributed by atoms with Crippen molar-refractivity contribution < 1.29 is 0 Å². The molecule has 0 spiro atoms. The minimum Gasteiger partial charge on any atom is -0.260 e. The van der Waals surface area contributed by atoms with Crippen molar-refractivity contribution in [1.29, 1.82) is 0 Å². The first kappa shape index (κ1) is 9.69. The first-order valence-corrected chi connectivity index (χ1v) is 5.17. The number of terminal acetylenes is 1. The molecule has 0 saturated carbocycles. The van der Waals surface area contributed by atoms with Gasteiger partial charge in [-0.25, -0.2) is 3.96 Å². The fraction of sp³-hybridized carbons (Fsp3) is 0.0909. The Morgan fingerprint density at radius 3 is 2.73 bits per heavy atom. The van der Waals surface area contributed by atoms with Crippen molar-refractivity contribution in [2.75, 3.05) is 7.05 Å². The van der Waals surface area contributed by atoms with E-state index in [0.717, 1.165) is 5.69 Å². The maximum absolute atomic E-state index is 5.39. The van der Waals surface area contributed by atoms with Gasteiger partial charge in [0.1, 0.15) is 0 Å². The standard InChI is InChI=1S/C11H9N3S/c1-3-10-13-11(12-2)15-14(10)9-7-5-4-6-8-9/h1,4-8H,2H3. The van der Waals surface area contributed by atoms with E-state index in [1.54, 1.807) is 7.05 Å². The molecule has 0 fully saturated rings. The van der Waals surface area contributed by atoms with E-state index in [-0.39, 0.29) is 0 Å². The summed E-state index contributed by atoms with van der Waals surface area (Å²) in [6, 6.07) is 9.86. The van der Waals surface area contributed by atoms with E-state index in [4.69, 9.17) is 6.42 Å². The lowest BCUT2D eigenvalue weighted by atomic mass is 10.3. The molecular formula is C11H9N3S. The Hall–Kier alpha value is -1.86. The molecule has 0 radical (unpaired) electrons. The van der Waals surface area contributed by atoms with Crippen molar-refractivity contribution in [3.8, 4) is 18.0 Å². The third kappa shape index (κ3) is 1.83. The third-order valence-corrected chi connectivity index (χ3v) is 2.88. The second-order valence-electron chi connectivity index (χ2n) is 2.81. The van der Waals surface area contributed by atoms with Crippen molar-refractivity contribution in [3.63, 3.8) is 0 Å². The minimum atomic E-state index is 0.590. The Labute approximate surface area is 91.9 Å². The Bertz CT molecular complexity index is 558. The van der Waals surface area contributed by atoms with Gasteiger partial charge in [0.05, 0.1) is 5.69 Å². The van der Waals surface area contributed by atoms with Crippen LogP contribution in [0.15, 0.2) is 35.3 Å². The summed E-state index contributed by atoms with van der Waals surface area (Å²) < 4.78 is 1.89. The van der Waals surface area contributed by atoms with Gasteiger partial charge < -0.3 is 0 Å². The predicted octanol–water partition coefficient (Wildman–Crippen LogP) is 1.45.